The number of anilines is 1. The number of fused-ring (bicyclic) bond motifs is 1. The monoisotopic (exact) mass is 465 g/mol. The first kappa shape index (κ1) is 23.6. The van der Waals surface area contributed by atoms with Crippen LogP contribution >= 0.6 is 0 Å². The summed E-state index contributed by atoms with van der Waals surface area (Å²) in [6.45, 7) is 2.44. The number of carbonyl (C=O) groups excluding carboxylic acids is 2. The number of hydrogen-bond donors (Lipinski definition) is 1. The van der Waals surface area contributed by atoms with Gasteiger partial charge in [-0.25, -0.2) is 0 Å². The normalized spacial score (nSPS) is 19.4. The van der Waals surface area contributed by atoms with Crippen LogP contribution in [0.1, 0.15) is 23.6 Å². The van der Waals surface area contributed by atoms with Crippen molar-refractivity contribution < 1.29 is 24.2 Å². The molecular weight excluding hydrogens is 434 g/mol. The summed E-state index contributed by atoms with van der Waals surface area (Å²) in [4.78, 5) is 32.0. The van der Waals surface area contributed by atoms with Crippen LogP contribution in [0.5, 0.6) is 11.5 Å². The predicted octanol–water partition coefficient (Wildman–Crippen LogP) is 2.90. The fraction of sp³-hybridized carbons (Fsp3) is 0.385. The Morgan fingerprint density at radius 1 is 1.21 bits per heavy atom. The van der Waals surface area contributed by atoms with Gasteiger partial charge in [-0.05, 0) is 51.3 Å². The molecule has 0 saturated carbocycles. The van der Waals surface area contributed by atoms with E-state index in [0.29, 0.717) is 43.0 Å². The van der Waals surface area contributed by atoms with Crippen molar-refractivity contribution in [2.24, 2.45) is 0 Å². The zero-order valence-corrected chi connectivity index (χ0v) is 20.1. The highest BCUT2D eigenvalue weighted by Gasteiger charge is 2.46. The van der Waals surface area contributed by atoms with Gasteiger partial charge < -0.3 is 29.3 Å². The van der Waals surface area contributed by atoms with Crippen LogP contribution in [0.4, 0.5) is 5.69 Å². The smallest absolute Gasteiger partial charge is 0.295 e. The maximum absolute atomic E-state index is 13.3. The van der Waals surface area contributed by atoms with Crippen molar-refractivity contribution in [1.29, 1.82) is 0 Å². The lowest BCUT2D eigenvalue weighted by Gasteiger charge is -2.28. The molecule has 2 aliphatic heterocycles. The lowest BCUT2D eigenvalue weighted by molar-refractivity contribution is -0.140. The maximum Gasteiger partial charge on any atom is 0.295 e. The number of likely N-dealkylation sites (tertiary alicyclic amines) is 1. The number of likely N-dealkylation sites (N-methyl/N-ethyl adjacent to an activating group) is 1. The van der Waals surface area contributed by atoms with Crippen molar-refractivity contribution >= 4 is 23.1 Å². The van der Waals surface area contributed by atoms with E-state index in [9.17, 15) is 14.7 Å². The molecule has 1 saturated heterocycles. The number of ketones is 1. The molecule has 0 aliphatic carbocycles. The third-order valence-corrected chi connectivity index (χ3v) is 6.31. The van der Waals surface area contributed by atoms with Gasteiger partial charge in [0.05, 0.1) is 31.0 Å². The van der Waals surface area contributed by atoms with Crippen LogP contribution in [0, 0.1) is 0 Å². The van der Waals surface area contributed by atoms with Crippen molar-refractivity contribution in [3.05, 3.63) is 59.2 Å². The second-order valence-electron chi connectivity index (χ2n) is 8.84. The molecule has 0 spiro atoms. The van der Waals surface area contributed by atoms with Crippen LogP contribution in [0.15, 0.2) is 48.0 Å². The van der Waals surface area contributed by atoms with Gasteiger partial charge in [-0.15, -0.1) is 0 Å². The van der Waals surface area contributed by atoms with E-state index >= 15 is 0 Å². The first-order chi connectivity index (χ1) is 16.3. The van der Waals surface area contributed by atoms with E-state index in [2.05, 4.69) is 0 Å². The van der Waals surface area contributed by atoms with Gasteiger partial charge in [0.1, 0.15) is 23.9 Å². The third kappa shape index (κ3) is 4.33. The molecule has 0 aromatic heterocycles. The van der Waals surface area contributed by atoms with Gasteiger partial charge in [-0.2, -0.15) is 0 Å². The van der Waals surface area contributed by atoms with Gasteiger partial charge >= 0.3 is 0 Å². The summed E-state index contributed by atoms with van der Waals surface area (Å²) in [7, 11) is 7.42. The topological polar surface area (TPSA) is 82.5 Å². The molecule has 2 heterocycles. The van der Waals surface area contributed by atoms with Gasteiger partial charge in [-0.3, -0.25) is 9.59 Å². The molecule has 2 aliphatic rings. The Morgan fingerprint density at radius 3 is 2.71 bits per heavy atom. The lowest BCUT2D eigenvalue weighted by Crippen LogP contribution is -2.32. The standard InChI is InChI=1S/C26H31N3O5/c1-27(2)12-7-13-29-23(18-8-5-6-9-20(18)33-4)22(25(31)26(29)32)24(30)17-10-11-21-19(16-17)28(3)14-15-34-21/h5-6,8-11,16,23,30H,7,12-15H2,1-4H3/b24-22+. The average Bonchev–Trinajstić information content (AvgIpc) is 3.08. The summed E-state index contributed by atoms with van der Waals surface area (Å²) in [6.07, 6.45) is 0.687. The summed E-state index contributed by atoms with van der Waals surface area (Å²) in [6, 6.07) is 11.8. The van der Waals surface area contributed by atoms with Gasteiger partial charge in [0, 0.05) is 24.7 Å². The lowest BCUT2D eigenvalue weighted by atomic mass is 9.94. The van der Waals surface area contributed by atoms with Crippen molar-refractivity contribution in [2.45, 2.75) is 12.5 Å². The van der Waals surface area contributed by atoms with Crippen molar-refractivity contribution in [3.8, 4) is 11.5 Å². The Labute approximate surface area is 200 Å². The largest absolute Gasteiger partial charge is 0.507 e. The van der Waals surface area contributed by atoms with Crippen molar-refractivity contribution in [3.63, 3.8) is 0 Å². The minimum absolute atomic E-state index is 0.0682. The van der Waals surface area contributed by atoms with Crippen molar-refractivity contribution in [2.75, 3.05) is 59.4 Å². The predicted molar refractivity (Wildman–Crippen MR) is 130 cm³/mol. The van der Waals surface area contributed by atoms with E-state index in [1.54, 1.807) is 36.3 Å². The quantitative estimate of drug-likeness (QED) is 0.383. The molecule has 1 fully saturated rings. The number of Topliss-reactive ketones (excluding diaryl/α,β-unsaturated/α-hetero) is 1. The Hall–Kier alpha value is -3.52. The summed E-state index contributed by atoms with van der Waals surface area (Å²) >= 11 is 0. The van der Waals surface area contributed by atoms with Crippen LogP contribution in [0.25, 0.3) is 5.76 Å². The number of nitrogens with zero attached hydrogens (tertiary/aromatic N) is 3. The Kier molecular flexibility index (Phi) is 6.79. The van der Waals surface area contributed by atoms with Crippen LogP contribution in [0.3, 0.4) is 0 Å². The third-order valence-electron chi connectivity index (χ3n) is 6.31. The highest BCUT2D eigenvalue weighted by atomic mass is 16.5. The molecule has 34 heavy (non-hydrogen) atoms. The summed E-state index contributed by atoms with van der Waals surface area (Å²) < 4.78 is 11.3. The van der Waals surface area contributed by atoms with E-state index in [4.69, 9.17) is 9.47 Å². The molecule has 1 unspecified atom stereocenters. The zero-order chi connectivity index (χ0) is 24.4. The average molecular weight is 466 g/mol. The number of hydrogen-bond acceptors (Lipinski definition) is 7. The fourth-order valence-electron chi connectivity index (χ4n) is 4.54. The first-order valence-electron chi connectivity index (χ1n) is 11.4. The van der Waals surface area contributed by atoms with E-state index in [0.717, 1.165) is 18.0 Å². The molecule has 1 atom stereocenters. The van der Waals surface area contributed by atoms with Crippen molar-refractivity contribution in [1.82, 2.24) is 9.80 Å². The van der Waals surface area contributed by atoms with E-state index in [1.807, 2.05) is 49.1 Å². The first-order valence-corrected chi connectivity index (χ1v) is 11.4. The second-order valence-corrected chi connectivity index (χ2v) is 8.84. The van der Waals surface area contributed by atoms with E-state index < -0.39 is 17.7 Å². The van der Waals surface area contributed by atoms with Crippen LogP contribution in [-0.2, 0) is 9.59 Å². The Bertz CT molecular complexity index is 1130. The summed E-state index contributed by atoms with van der Waals surface area (Å²) in [5.41, 5.74) is 2.01. The molecule has 0 radical (unpaired) electrons. The minimum Gasteiger partial charge on any atom is -0.507 e. The van der Waals surface area contributed by atoms with E-state index in [-0.39, 0.29) is 11.3 Å². The number of amides is 1. The molecule has 1 N–H and O–H groups in total. The van der Waals surface area contributed by atoms with Gasteiger partial charge in [0.2, 0.25) is 0 Å². The highest BCUT2D eigenvalue weighted by molar-refractivity contribution is 6.46. The number of para-hydroxylation sites is 1. The minimum atomic E-state index is -0.747. The number of methoxy groups -OCH3 is 1. The van der Waals surface area contributed by atoms with Crippen LogP contribution in [0.2, 0.25) is 0 Å². The Morgan fingerprint density at radius 2 is 1.97 bits per heavy atom. The number of aliphatic hydroxyl groups is 1. The molecule has 2 aromatic rings. The van der Waals surface area contributed by atoms with Crippen LogP contribution in [-0.4, -0.2) is 81.1 Å². The number of carbonyl (C=O) groups is 2. The van der Waals surface area contributed by atoms with Gasteiger partial charge in [0.25, 0.3) is 11.7 Å². The Balaban J connectivity index is 1.83. The molecule has 0 bridgehead atoms. The maximum atomic E-state index is 13.3. The SMILES string of the molecule is COc1ccccc1C1/C(=C(\O)c2ccc3c(c2)N(C)CCO3)C(=O)C(=O)N1CCCN(C)C. The molecule has 2 aromatic carbocycles. The number of aliphatic hydroxyl groups excluding tert-OH is 1. The zero-order valence-electron chi connectivity index (χ0n) is 20.1. The number of rotatable bonds is 7. The molecule has 4 rings (SSSR count). The highest BCUT2D eigenvalue weighted by Crippen LogP contribution is 2.43. The molecule has 1 amide bonds. The summed E-state index contributed by atoms with van der Waals surface area (Å²) in [5, 5.41) is 11.4. The number of benzene rings is 2. The molecule has 8 nitrogen and oxygen atoms in total. The molecule has 180 valence electrons. The molecule has 8 heteroatoms. The fourth-order valence-corrected chi connectivity index (χ4v) is 4.54. The van der Waals surface area contributed by atoms with Gasteiger partial charge in [-0.1, -0.05) is 18.2 Å². The summed E-state index contributed by atoms with van der Waals surface area (Å²) in [5.74, 6) is -0.242. The number of ether oxygens (including phenoxy) is 2. The van der Waals surface area contributed by atoms with Crippen LogP contribution < -0.4 is 14.4 Å². The van der Waals surface area contributed by atoms with E-state index in [1.165, 1.54) is 0 Å². The molecular formula is C26H31N3O5. The second kappa shape index (κ2) is 9.77. The van der Waals surface area contributed by atoms with Gasteiger partial charge in [0.15, 0.2) is 0 Å².